The van der Waals surface area contributed by atoms with E-state index in [4.69, 9.17) is 9.47 Å². The van der Waals surface area contributed by atoms with Gasteiger partial charge in [0.2, 0.25) is 0 Å². The van der Waals surface area contributed by atoms with Crippen LogP contribution in [0.1, 0.15) is 18.2 Å². The van der Waals surface area contributed by atoms with Crippen LogP contribution in [0.25, 0.3) is 0 Å². The molecule has 1 aliphatic heterocycles. The summed E-state index contributed by atoms with van der Waals surface area (Å²) >= 11 is 0. The van der Waals surface area contributed by atoms with Crippen LogP contribution >= 0.6 is 0 Å². The van der Waals surface area contributed by atoms with Gasteiger partial charge in [0.25, 0.3) is 0 Å². The van der Waals surface area contributed by atoms with Crippen LogP contribution in [0.4, 0.5) is 5.69 Å². The van der Waals surface area contributed by atoms with Crippen molar-refractivity contribution in [3.05, 3.63) is 35.7 Å². The van der Waals surface area contributed by atoms with Crippen molar-refractivity contribution in [2.75, 3.05) is 18.6 Å². The van der Waals surface area contributed by atoms with Crippen LogP contribution in [0.5, 0.6) is 11.5 Å². The van der Waals surface area contributed by atoms with Gasteiger partial charge in [0, 0.05) is 23.9 Å². The molecule has 1 aliphatic rings. The highest BCUT2D eigenvalue weighted by Crippen LogP contribution is 2.37. The normalized spacial score (nSPS) is 17.6. The van der Waals surface area contributed by atoms with Crippen molar-refractivity contribution in [1.29, 1.82) is 0 Å². The van der Waals surface area contributed by atoms with Gasteiger partial charge in [0.05, 0.1) is 25.5 Å². The number of rotatable bonds is 3. The summed E-state index contributed by atoms with van der Waals surface area (Å²) in [5.41, 5.74) is 3.38. The molecule has 3 rings (SSSR count). The fourth-order valence-corrected chi connectivity index (χ4v) is 2.52. The smallest absolute Gasteiger partial charge is 0.143 e. The lowest BCUT2D eigenvalue weighted by Crippen LogP contribution is -2.38. The number of aromatic amines is 1. The number of nitrogens with one attached hydrogen (secondary N) is 1. The Hall–Kier alpha value is -2.17. The van der Waals surface area contributed by atoms with Gasteiger partial charge in [-0.3, -0.25) is 5.10 Å². The van der Waals surface area contributed by atoms with E-state index in [0.717, 1.165) is 36.0 Å². The molecule has 0 saturated carbocycles. The van der Waals surface area contributed by atoms with Crippen LogP contribution in [0, 0.1) is 6.92 Å². The van der Waals surface area contributed by atoms with E-state index in [0.29, 0.717) is 0 Å². The molecule has 0 unspecified atom stereocenters. The Morgan fingerprint density at radius 2 is 2.35 bits per heavy atom. The number of nitrogens with zero attached hydrogens (tertiary/aromatic N) is 2. The quantitative estimate of drug-likeness (QED) is 0.933. The van der Waals surface area contributed by atoms with E-state index in [2.05, 4.69) is 22.0 Å². The predicted octanol–water partition coefficient (Wildman–Crippen LogP) is 2.51. The van der Waals surface area contributed by atoms with Gasteiger partial charge in [-0.1, -0.05) is 0 Å². The number of hydrogen-bond donors (Lipinski definition) is 1. The lowest BCUT2D eigenvalue weighted by atomic mass is 10.1. The first-order valence-electron chi connectivity index (χ1n) is 6.76. The summed E-state index contributed by atoms with van der Waals surface area (Å²) in [6.07, 6.45) is 2.05. The van der Waals surface area contributed by atoms with Gasteiger partial charge in [0.15, 0.2) is 0 Å². The highest BCUT2D eigenvalue weighted by molar-refractivity contribution is 5.63. The molecule has 2 aromatic rings. The highest BCUT2D eigenvalue weighted by Gasteiger charge is 2.24. The number of fused-ring (bicyclic) bond motifs is 1. The first-order chi connectivity index (χ1) is 9.67. The van der Waals surface area contributed by atoms with Gasteiger partial charge in [-0.2, -0.15) is 5.10 Å². The van der Waals surface area contributed by atoms with Crippen LogP contribution in [0.3, 0.4) is 0 Å². The SMILES string of the molecule is COc1ccc2c(c1)N(Cc1cn[nH]c1C)C[C@@H](C)O2. The van der Waals surface area contributed by atoms with Crippen molar-refractivity contribution in [3.63, 3.8) is 0 Å². The molecule has 0 bridgehead atoms. The van der Waals surface area contributed by atoms with Crippen molar-refractivity contribution in [1.82, 2.24) is 10.2 Å². The topological polar surface area (TPSA) is 50.4 Å². The van der Waals surface area contributed by atoms with Crippen LogP contribution in [-0.2, 0) is 6.54 Å². The van der Waals surface area contributed by atoms with E-state index in [1.807, 2.05) is 31.3 Å². The molecular weight excluding hydrogens is 254 g/mol. The highest BCUT2D eigenvalue weighted by atomic mass is 16.5. The second kappa shape index (κ2) is 5.07. The molecule has 2 heterocycles. The average Bonchev–Trinajstić information content (AvgIpc) is 2.84. The van der Waals surface area contributed by atoms with Crippen molar-refractivity contribution in [2.24, 2.45) is 0 Å². The summed E-state index contributed by atoms with van der Waals surface area (Å²) < 4.78 is 11.2. The number of aryl methyl sites for hydroxylation is 1. The summed E-state index contributed by atoms with van der Waals surface area (Å²) in [7, 11) is 1.68. The summed E-state index contributed by atoms with van der Waals surface area (Å²) in [5, 5.41) is 7.07. The van der Waals surface area contributed by atoms with E-state index in [1.165, 1.54) is 5.56 Å². The summed E-state index contributed by atoms with van der Waals surface area (Å²) in [6.45, 7) is 5.79. The fraction of sp³-hybridized carbons (Fsp3) is 0.400. The van der Waals surface area contributed by atoms with Crippen molar-refractivity contribution >= 4 is 5.69 Å². The molecule has 0 fully saturated rings. The minimum absolute atomic E-state index is 0.170. The molecule has 0 radical (unpaired) electrons. The molecular formula is C15H19N3O2. The lowest BCUT2D eigenvalue weighted by molar-refractivity contribution is 0.211. The Kier molecular flexibility index (Phi) is 3.26. The third-order valence-electron chi connectivity index (χ3n) is 3.61. The van der Waals surface area contributed by atoms with Crippen LogP contribution < -0.4 is 14.4 Å². The van der Waals surface area contributed by atoms with E-state index >= 15 is 0 Å². The van der Waals surface area contributed by atoms with E-state index in [9.17, 15) is 0 Å². The summed E-state index contributed by atoms with van der Waals surface area (Å²) in [4.78, 5) is 2.31. The molecule has 1 N–H and O–H groups in total. The maximum Gasteiger partial charge on any atom is 0.143 e. The van der Waals surface area contributed by atoms with Crippen molar-refractivity contribution in [3.8, 4) is 11.5 Å². The maximum atomic E-state index is 5.89. The Morgan fingerprint density at radius 1 is 1.50 bits per heavy atom. The fourth-order valence-electron chi connectivity index (χ4n) is 2.52. The minimum Gasteiger partial charge on any atom is -0.497 e. The molecule has 106 valence electrons. The minimum atomic E-state index is 0.170. The molecule has 5 nitrogen and oxygen atoms in total. The average molecular weight is 273 g/mol. The second-order valence-corrected chi connectivity index (χ2v) is 5.16. The second-order valence-electron chi connectivity index (χ2n) is 5.16. The molecule has 1 atom stereocenters. The number of benzene rings is 1. The van der Waals surface area contributed by atoms with Gasteiger partial charge < -0.3 is 14.4 Å². The predicted molar refractivity (Wildman–Crippen MR) is 77.5 cm³/mol. The number of H-pyrrole nitrogens is 1. The first-order valence-corrected chi connectivity index (χ1v) is 6.76. The standard InChI is InChI=1S/C15H19N3O2/c1-10-8-18(9-12-7-16-17-11(12)2)14-6-13(19-3)4-5-15(14)20-10/h4-7,10H,8-9H2,1-3H3,(H,16,17)/t10-/m1/s1. The largest absolute Gasteiger partial charge is 0.497 e. The zero-order valence-corrected chi connectivity index (χ0v) is 12.0. The molecule has 5 heteroatoms. The Labute approximate surface area is 118 Å². The molecule has 1 aromatic carbocycles. The molecule has 20 heavy (non-hydrogen) atoms. The van der Waals surface area contributed by atoms with E-state index in [-0.39, 0.29) is 6.10 Å². The van der Waals surface area contributed by atoms with Crippen LogP contribution in [0.15, 0.2) is 24.4 Å². The first kappa shape index (κ1) is 12.8. The van der Waals surface area contributed by atoms with Crippen LogP contribution in [-0.4, -0.2) is 30.0 Å². The third-order valence-corrected chi connectivity index (χ3v) is 3.61. The van der Waals surface area contributed by atoms with Gasteiger partial charge in [0.1, 0.15) is 17.6 Å². The van der Waals surface area contributed by atoms with E-state index < -0.39 is 0 Å². The van der Waals surface area contributed by atoms with Gasteiger partial charge in [-0.15, -0.1) is 0 Å². The number of methoxy groups -OCH3 is 1. The lowest BCUT2D eigenvalue weighted by Gasteiger charge is -2.35. The number of ether oxygens (including phenoxy) is 2. The van der Waals surface area contributed by atoms with Gasteiger partial charge >= 0.3 is 0 Å². The molecule has 0 spiro atoms. The molecule has 0 saturated heterocycles. The Balaban J connectivity index is 1.94. The zero-order valence-electron chi connectivity index (χ0n) is 12.0. The maximum absolute atomic E-state index is 5.89. The van der Waals surface area contributed by atoms with Gasteiger partial charge in [-0.25, -0.2) is 0 Å². The monoisotopic (exact) mass is 273 g/mol. The Morgan fingerprint density at radius 3 is 3.05 bits per heavy atom. The molecule has 0 aliphatic carbocycles. The zero-order chi connectivity index (χ0) is 14.1. The number of aromatic nitrogens is 2. The van der Waals surface area contributed by atoms with Crippen molar-refractivity contribution in [2.45, 2.75) is 26.5 Å². The summed E-state index contributed by atoms with van der Waals surface area (Å²) in [6, 6.07) is 5.92. The summed E-state index contributed by atoms with van der Waals surface area (Å²) in [5.74, 6) is 1.75. The Bertz CT molecular complexity index is 609. The van der Waals surface area contributed by atoms with E-state index in [1.54, 1.807) is 7.11 Å². The van der Waals surface area contributed by atoms with Gasteiger partial charge in [-0.05, 0) is 26.0 Å². The molecule has 0 amide bonds. The van der Waals surface area contributed by atoms with Crippen molar-refractivity contribution < 1.29 is 9.47 Å². The number of hydrogen-bond acceptors (Lipinski definition) is 4. The number of anilines is 1. The third kappa shape index (κ3) is 2.31. The molecule has 1 aromatic heterocycles. The van der Waals surface area contributed by atoms with Crippen LogP contribution in [0.2, 0.25) is 0 Å².